The largest absolute Gasteiger partial charge is 0.465 e. The molecule has 3 rings (SSSR count). The first-order chi connectivity index (χ1) is 20.4. The summed E-state index contributed by atoms with van der Waals surface area (Å²) in [5.41, 5.74) is 0.519. The van der Waals surface area contributed by atoms with Crippen molar-refractivity contribution in [1.82, 2.24) is 20.2 Å². The number of pyridine rings is 1. The highest BCUT2D eigenvalue weighted by Gasteiger charge is 2.54. The molecule has 1 aromatic carbocycles. The lowest BCUT2D eigenvalue weighted by Crippen LogP contribution is -2.76. The first-order valence-electron chi connectivity index (χ1n) is 13.8. The quantitative estimate of drug-likeness (QED) is 0.154. The summed E-state index contributed by atoms with van der Waals surface area (Å²) in [4.78, 5) is 59.1. The molecule has 0 radical (unpaired) electrons. The lowest BCUT2D eigenvalue weighted by Gasteiger charge is -2.55. The summed E-state index contributed by atoms with van der Waals surface area (Å²) in [7, 11) is 0. The highest BCUT2D eigenvalue weighted by Crippen LogP contribution is 2.39. The topological polar surface area (TPSA) is 186 Å². The van der Waals surface area contributed by atoms with Crippen LogP contribution in [0.4, 0.5) is 26.1 Å². The van der Waals surface area contributed by atoms with Crippen LogP contribution in [0.3, 0.4) is 0 Å². The van der Waals surface area contributed by atoms with Crippen molar-refractivity contribution in [2.45, 2.75) is 72.6 Å². The molecular weight excluding hydrogens is 586 g/mol. The molecule has 0 aliphatic heterocycles. The van der Waals surface area contributed by atoms with E-state index >= 15 is 0 Å². The maximum absolute atomic E-state index is 13.1. The normalized spacial score (nSPS) is 12.9. The Labute approximate surface area is 260 Å². The molecular formula is C30H39N7O6S. The minimum absolute atomic E-state index is 0.302. The maximum atomic E-state index is 13.1. The molecule has 44 heavy (non-hydrogen) atoms. The number of carboxylic acid groups (broad SMARTS) is 2. The number of thiazole rings is 1. The molecule has 2 aromatic heterocycles. The molecule has 4 amide bonds. The van der Waals surface area contributed by atoms with E-state index in [4.69, 9.17) is 0 Å². The van der Waals surface area contributed by atoms with Crippen LogP contribution in [0.2, 0.25) is 0 Å². The third-order valence-electron chi connectivity index (χ3n) is 6.61. The van der Waals surface area contributed by atoms with E-state index in [9.17, 15) is 29.4 Å². The van der Waals surface area contributed by atoms with E-state index in [0.29, 0.717) is 39.9 Å². The van der Waals surface area contributed by atoms with Crippen LogP contribution < -0.4 is 21.3 Å². The zero-order chi connectivity index (χ0) is 32.9. The Morgan fingerprint density at radius 1 is 0.909 bits per heavy atom. The third-order valence-corrected chi connectivity index (χ3v) is 7.62. The summed E-state index contributed by atoms with van der Waals surface area (Å²) in [6.45, 7) is 11.7. The Kier molecular flexibility index (Phi) is 10.2. The minimum Gasteiger partial charge on any atom is -0.465 e. The van der Waals surface area contributed by atoms with Gasteiger partial charge in [0.1, 0.15) is 4.88 Å². The number of rotatable bonds is 10. The number of aryl methyl sites for hydroxylation is 2. The predicted molar refractivity (Wildman–Crippen MR) is 169 cm³/mol. The molecule has 2 heterocycles. The monoisotopic (exact) mass is 625 g/mol. The van der Waals surface area contributed by atoms with Gasteiger partial charge < -0.3 is 26.2 Å². The van der Waals surface area contributed by atoms with Crippen LogP contribution in [0.5, 0.6) is 0 Å². The van der Waals surface area contributed by atoms with Gasteiger partial charge in [0, 0.05) is 29.8 Å². The summed E-state index contributed by atoms with van der Waals surface area (Å²) >= 11 is 1.08. The highest BCUT2D eigenvalue weighted by molar-refractivity contribution is 7.17. The number of anilines is 3. The Morgan fingerprint density at radius 3 is 2.07 bits per heavy atom. The van der Waals surface area contributed by atoms with E-state index in [2.05, 4.69) is 31.2 Å². The van der Waals surface area contributed by atoms with Gasteiger partial charge in [0.15, 0.2) is 5.13 Å². The van der Waals surface area contributed by atoms with Crippen LogP contribution in [-0.4, -0.2) is 60.4 Å². The van der Waals surface area contributed by atoms with Crippen LogP contribution >= 0.6 is 11.3 Å². The summed E-state index contributed by atoms with van der Waals surface area (Å²) < 4.78 is 0. The lowest BCUT2D eigenvalue weighted by molar-refractivity contribution is -0.114. The molecule has 14 heteroatoms. The molecule has 3 aromatic rings. The molecule has 0 spiro atoms. The zero-order valence-corrected chi connectivity index (χ0v) is 26.6. The number of carbonyl (C=O) groups excluding carboxylic acids is 2. The van der Waals surface area contributed by atoms with Crippen LogP contribution in [0, 0.1) is 5.41 Å². The average molecular weight is 626 g/mol. The summed E-state index contributed by atoms with van der Waals surface area (Å²) in [6, 6.07) is 10.6. The summed E-state index contributed by atoms with van der Waals surface area (Å²) in [5.74, 6) is -2.40. The number of aromatic nitrogens is 2. The van der Waals surface area contributed by atoms with Gasteiger partial charge in [-0.1, -0.05) is 44.2 Å². The number of carbonyl (C=O) groups is 4. The summed E-state index contributed by atoms with van der Waals surface area (Å²) in [5, 5.41) is 31.4. The molecule has 1 atom stereocenters. The number of benzene rings is 1. The smallest absolute Gasteiger partial charge is 0.411 e. The Hall–Kier alpha value is -4.72. The molecule has 13 nitrogen and oxygen atoms in total. The highest BCUT2D eigenvalue weighted by atomic mass is 32.1. The van der Waals surface area contributed by atoms with E-state index in [1.807, 2.05) is 12.1 Å². The first-order valence-corrected chi connectivity index (χ1v) is 14.6. The molecule has 0 aliphatic carbocycles. The Balaban J connectivity index is 1.87. The standard InChI is InChI=1S/C30H39N7O6S/c1-18(38)32-25-34-22(23(44-25)24(39)33-21-9-8-16-31-17-21)15-12-19-10-13-20(14-11-19)35-30(28(2,3)4,36-26(40)41)37(27(42)43)29(5,6)7/h8-11,13-14,16-17,35-36H,12,15H2,1-7H3,(H,33,39)(H,40,41)(H,42,43)(H,32,34,38). The fraction of sp³-hybridized carbons (Fsp3) is 0.400. The second-order valence-corrected chi connectivity index (χ2v) is 13.2. The number of amides is 4. The lowest BCUT2D eigenvalue weighted by atomic mass is 9.82. The fourth-order valence-electron chi connectivity index (χ4n) is 4.70. The summed E-state index contributed by atoms with van der Waals surface area (Å²) in [6.07, 6.45) is 1.34. The van der Waals surface area contributed by atoms with E-state index in [1.165, 1.54) is 13.1 Å². The SMILES string of the molecule is CC(=O)Nc1nc(CCc2ccc(NC(NC(=O)O)(N(C(=O)O)C(C)(C)C)C(C)(C)C)cc2)c(C(=O)Nc2cccnc2)s1. The number of hydrogen-bond acceptors (Lipinski definition) is 8. The van der Waals surface area contributed by atoms with Crippen LogP contribution in [0.25, 0.3) is 0 Å². The molecule has 0 saturated carbocycles. The fourth-order valence-corrected chi connectivity index (χ4v) is 5.65. The Morgan fingerprint density at radius 2 is 1.57 bits per heavy atom. The van der Waals surface area contributed by atoms with Crippen molar-refractivity contribution >= 4 is 51.8 Å². The molecule has 0 fully saturated rings. The molecule has 0 aliphatic rings. The second kappa shape index (κ2) is 13.3. The third kappa shape index (κ3) is 8.22. The second-order valence-electron chi connectivity index (χ2n) is 12.2. The van der Waals surface area contributed by atoms with Gasteiger partial charge in [-0.25, -0.2) is 14.6 Å². The number of nitrogens with zero attached hydrogens (tertiary/aromatic N) is 3. The van der Waals surface area contributed by atoms with Gasteiger partial charge in [-0.3, -0.25) is 24.8 Å². The first kappa shape index (κ1) is 33.8. The van der Waals surface area contributed by atoms with Crippen molar-refractivity contribution in [2.75, 3.05) is 16.0 Å². The van der Waals surface area contributed by atoms with Gasteiger partial charge >= 0.3 is 12.2 Å². The maximum Gasteiger partial charge on any atom is 0.411 e. The van der Waals surface area contributed by atoms with Gasteiger partial charge in [0.05, 0.1) is 17.6 Å². The van der Waals surface area contributed by atoms with Crippen molar-refractivity contribution in [3.63, 3.8) is 0 Å². The molecule has 0 saturated heterocycles. The molecule has 0 bridgehead atoms. The minimum atomic E-state index is -1.73. The Bertz CT molecular complexity index is 1500. The van der Waals surface area contributed by atoms with Gasteiger partial charge in [-0.2, -0.15) is 0 Å². The molecule has 6 N–H and O–H groups in total. The number of nitrogens with one attached hydrogen (secondary N) is 4. The van der Waals surface area contributed by atoms with E-state index in [-0.39, 0.29) is 11.8 Å². The van der Waals surface area contributed by atoms with Crippen LogP contribution in [0.15, 0.2) is 48.8 Å². The molecule has 1 unspecified atom stereocenters. The zero-order valence-electron chi connectivity index (χ0n) is 25.8. The van der Waals surface area contributed by atoms with Gasteiger partial charge in [0.2, 0.25) is 11.7 Å². The van der Waals surface area contributed by atoms with Crippen LogP contribution in [0.1, 0.15) is 69.4 Å². The van der Waals surface area contributed by atoms with Crippen molar-refractivity contribution in [2.24, 2.45) is 5.41 Å². The van der Waals surface area contributed by atoms with Crippen molar-refractivity contribution < 1.29 is 29.4 Å². The van der Waals surface area contributed by atoms with Crippen molar-refractivity contribution in [3.8, 4) is 0 Å². The van der Waals surface area contributed by atoms with Crippen molar-refractivity contribution in [1.29, 1.82) is 0 Å². The van der Waals surface area contributed by atoms with Gasteiger partial charge in [0.25, 0.3) is 5.91 Å². The van der Waals surface area contributed by atoms with E-state index in [0.717, 1.165) is 21.8 Å². The van der Waals surface area contributed by atoms with E-state index in [1.54, 1.807) is 72.0 Å². The van der Waals surface area contributed by atoms with Gasteiger partial charge in [-0.15, -0.1) is 0 Å². The number of hydrogen-bond donors (Lipinski definition) is 6. The molecule has 236 valence electrons. The van der Waals surface area contributed by atoms with E-state index < -0.39 is 28.9 Å². The van der Waals surface area contributed by atoms with Gasteiger partial charge in [-0.05, 0) is 63.4 Å². The average Bonchev–Trinajstić information content (AvgIpc) is 3.28. The van der Waals surface area contributed by atoms with Crippen molar-refractivity contribution in [3.05, 3.63) is 64.9 Å². The predicted octanol–water partition coefficient (Wildman–Crippen LogP) is 5.69. The van der Waals surface area contributed by atoms with Crippen LogP contribution in [-0.2, 0) is 17.6 Å².